The standard InChI is InChI=1S/C30H27N5O3/c31-18-20-9-8-14-23(17-20)32-30(38)34-28-29(37)35(19-26(36)21-10-4-5-11-21)25-16-7-6-15-24(25)27(33-28)22-12-2-1-3-13-22/h1-3,6-9,12-17,21,28H,4-5,10-11,19H2,(H2,32,34,38). The number of nitriles is 1. The molecule has 8 heteroatoms. The second-order valence-electron chi connectivity index (χ2n) is 9.43. The van der Waals surface area contributed by atoms with Gasteiger partial charge in [0.15, 0.2) is 5.78 Å². The normalized spacial score (nSPS) is 17.1. The number of carbonyl (C=O) groups excluding carboxylic acids is 3. The molecule has 1 heterocycles. The second-order valence-corrected chi connectivity index (χ2v) is 9.43. The van der Waals surface area contributed by atoms with Gasteiger partial charge in [0.25, 0.3) is 5.91 Å². The van der Waals surface area contributed by atoms with E-state index in [0.29, 0.717) is 28.2 Å². The number of aliphatic imine (C=N–C) groups is 1. The fourth-order valence-electron chi connectivity index (χ4n) is 5.00. The molecular formula is C30H27N5O3. The fourth-order valence-corrected chi connectivity index (χ4v) is 5.00. The summed E-state index contributed by atoms with van der Waals surface area (Å²) in [6.45, 7) is -0.0812. The minimum atomic E-state index is -1.27. The Morgan fingerprint density at radius 2 is 1.71 bits per heavy atom. The summed E-state index contributed by atoms with van der Waals surface area (Å²) >= 11 is 0. The minimum Gasteiger partial charge on any atom is -0.308 e. The highest BCUT2D eigenvalue weighted by Crippen LogP contribution is 2.30. The summed E-state index contributed by atoms with van der Waals surface area (Å²) in [5.41, 5.74) is 3.42. The molecule has 1 fully saturated rings. The largest absolute Gasteiger partial charge is 0.321 e. The summed E-state index contributed by atoms with van der Waals surface area (Å²) in [5.74, 6) is -0.532. The predicted octanol–water partition coefficient (Wildman–Crippen LogP) is 4.65. The van der Waals surface area contributed by atoms with Gasteiger partial charge in [-0.3, -0.25) is 9.59 Å². The van der Waals surface area contributed by atoms with Crippen molar-refractivity contribution in [2.24, 2.45) is 10.9 Å². The number of hydrogen-bond donors (Lipinski definition) is 2. The molecule has 0 spiro atoms. The molecule has 0 aromatic heterocycles. The van der Waals surface area contributed by atoms with Crippen LogP contribution in [0.4, 0.5) is 16.2 Å². The van der Waals surface area contributed by atoms with Crippen LogP contribution in [0.2, 0.25) is 0 Å². The van der Waals surface area contributed by atoms with Gasteiger partial charge in [-0.25, -0.2) is 9.79 Å². The zero-order chi connectivity index (χ0) is 26.5. The molecule has 0 bridgehead atoms. The Hall–Kier alpha value is -4.77. The van der Waals surface area contributed by atoms with Gasteiger partial charge in [-0.05, 0) is 37.1 Å². The van der Waals surface area contributed by atoms with Crippen molar-refractivity contribution < 1.29 is 14.4 Å². The van der Waals surface area contributed by atoms with E-state index >= 15 is 0 Å². The second kappa shape index (κ2) is 11.1. The molecule has 3 aromatic carbocycles. The van der Waals surface area contributed by atoms with E-state index in [1.165, 1.54) is 11.0 Å². The molecule has 1 saturated carbocycles. The summed E-state index contributed by atoms with van der Waals surface area (Å²) in [6, 6.07) is 24.7. The molecule has 5 rings (SSSR count). The van der Waals surface area contributed by atoms with E-state index in [1.807, 2.05) is 60.7 Å². The van der Waals surface area contributed by atoms with Gasteiger partial charge in [0, 0.05) is 22.7 Å². The van der Waals surface area contributed by atoms with Crippen LogP contribution in [-0.2, 0) is 9.59 Å². The number of urea groups is 1. The first kappa shape index (κ1) is 24.9. The SMILES string of the molecule is N#Cc1cccc(NC(=O)NC2N=C(c3ccccc3)c3ccccc3N(CC(=O)C3CCCC3)C2=O)c1. The number of Topliss-reactive ketones (excluding diaryl/α,β-unsaturated/α-hetero) is 1. The Kier molecular flexibility index (Phi) is 7.27. The first-order valence-electron chi connectivity index (χ1n) is 12.7. The van der Waals surface area contributed by atoms with E-state index in [-0.39, 0.29) is 18.2 Å². The van der Waals surface area contributed by atoms with E-state index in [2.05, 4.69) is 10.6 Å². The molecule has 2 N–H and O–H groups in total. The number of hydrogen-bond acceptors (Lipinski definition) is 5. The minimum absolute atomic E-state index is 0.0188. The quantitative estimate of drug-likeness (QED) is 0.507. The highest BCUT2D eigenvalue weighted by molar-refractivity contribution is 6.21. The molecule has 1 aliphatic heterocycles. The summed E-state index contributed by atoms with van der Waals surface area (Å²) in [5, 5.41) is 14.5. The van der Waals surface area contributed by atoms with Crippen LogP contribution < -0.4 is 15.5 Å². The number of rotatable bonds is 6. The number of nitrogens with zero attached hydrogens (tertiary/aromatic N) is 3. The first-order valence-corrected chi connectivity index (χ1v) is 12.7. The Balaban J connectivity index is 1.50. The average molecular weight is 506 g/mol. The maximum Gasteiger partial charge on any atom is 0.321 e. The van der Waals surface area contributed by atoms with Crippen molar-refractivity contribution in [3.8, 4) is 6.07 Å². The molecule has 1 aliphatic carbocycles. The topological polar surface area (TPSA) is 115 Å². The molecule has 0 saturated heterocycles. The number of amides is 3. The number of benzene rings is 3. The highest BCUT2D eigenvalue weighted by atomic mass is 16.2. The van der Waals surface area contributed by atoms with E-state index < -0.39 is 18.1 Å². The van der Waals surface area contributed by atoms with Gasteiger partial charge in [-0.1, -0.05) is 67.4 Å². The van der Waals surface area contributed by atoms with Gasteiger partial charge >= 0.3 is 6.03 Å². The maximum absolute atomic E-state index is 13.9. The molecule has 190 valence electrons. The van der Waals surface area contributed by atoms with E-state index in [0.717, 1.165) is 31.2 Å². The third kappa shape index (κ3) is 5.32. The average Bonchev–Trinajstić information content (AvgIpc) is 3.46. The Morgan fingerprint density at radius 3 is 2.47 bits per heavy atom. The zero-order valence-corrected chi connectivity index (χ0v) is 20.8. The molecular weight excluding hydrogens is 478 g/mol. The number of para-hydroxylation sites is 1. The number of nitrogens with one attached hydrogen (secondary N) is 2. The number of anilines is 2. The first-order chi connectivity index (χ1) is 18.5. The van der Waals surface area contributed by atoms with Crippen LogP contribution in [0.5, 0.6) is 0 Å². The van der Waals surface area contributed by atoms with E-state index in [9.17, 15) is 14.4 Å². The number of ketones is 1. The van der Waals surface area contributed by atoms with Gasteiger partial charge in [0.1, 0.15) is 0 Å². The van der Waals surface area contributed by atoms with Crippen LogP contribution in [0, 0.1) is 17.2 Å². The molecule has 2 aliphatic rings. The monoisotopic (exact) mass is 505 g/mol. The van der Waals surface area contributed by atoms with Crippen molar-refractivity contribution in [3.63, 3.8) is 0 Å². The summed E-state index contributed by atoms with van der Waals surface area (Å²) < 4.78 is 0. The van der Waals surface area contributed by atoms with Gasteiger partial charge in [0.2, 0.25) is 6.17 Å². The van der Waals surface area contributed by atoms with E-state index in [4.69, 9.17) is 10.3 Å². The summed E-state index contributed by atoms with van der Waals surface area (Å²) in [4.78, 5) is 46.3. The predicted molar refractivity (Wildman–Crippen MR) is 145 cm³/mol. The van der Waals surface area contributed by atoms with Crippen molar-refractivity contribution in [2.75, 3.05) is 16.8 Å². The maximum atomic E-state index is 13.9. The van der Waals surface area contributed by atoms with Crippen molar-refractivity contribution >= 4 is 34.8 Å². The molecule has 38 heavy (non-hydrogen) atoms. The molecule has 3 amide bonds. The molecule has 8 nitrogen and oxygen atoms in total. The lowest BCUT2D eigenvalue weighted by Crippen LogP contribution is -2.50. The third-order valence-corrected chi connectivity index (χ3v) is 6.90. The zero-order valence-electron chi connectivity index (χ0n) is 20.8. The van der Waals surface area contributed by atoms with Crippen LogP contribution in [-0.4, -0.2) is 36.1 Å². The Morgan fingerprint density at radius 1 is 0.974 bits per heavy atom. The lowest BCUT2D eigenvalue weighted by atomic mass is 9.99. The van der Waals surface area contributed by atoms with Crippen LogP contribution >= 0.6 is 0 Å². The smallest absolute Gasteiger partial charge is 0.308 e. The Labute approximate surface area is 221 Å². The van der Waals surface area contributed by atoms with Crippen LogP contribution in [0.25, 0.3) is 0 Å². The summed E-state index contributed by atoms with van der Waals surface area (Å²) in [7, 11) is 0. The summed E-state index contributed by atoms with van der Waals surface area (Å²) in [6.07, 6.45) is 2.42. The van der Waals surface area contributed by atoms with E-state index in [1.54, 1.807) is 18.2 Å². The number of carbonyl (C=O) groups is 3. The number of fused-ring (bicyclic) bond motifs is 1. The Bertz CT molecular complexity index is 1440. The fraction of sp³-hybridized carbons (Fsp3) is 0.233. The molecule has 1 unspecified atom stereocenters. The van der Waals surface area contributed by atoms with Crippen molar-refractivity contribution in [2.45, 2.75) is 31.8 Å². The van der Waals surface area contributed by atoms with Crippen LogP contribution in [0.1, 0.15) is 42.4 Å². The molecule has 3 aromatic rings. The van der Waals surface area contributed by atoms with Gasteiger partial charge < -0.3 is 15.5 Å². The van der Waals surface area contributed by atoms with Crippen LogP contribution in [0.15, 0.2) is 83.9 Å². The molecule has 1 atom stereocenters. The third-order valence-electron chi connectivity index (χ3n) is 6.90. The van der Waals surface area contributed by atoms with Gasteiger partial charge in [0.05, 0.1) is 29.6 Å². The van der Waals surface area contributed by atoms with Crippen molar-refractivity contribution in [1.29, 1.82) is 5.26 Å². The van der Waals surface area contributed by atoms with Crippen LogP contribution in [0.3, 0.4) is 0 Å². The lowest BCUT2D eigenvalue weighted by molar-refractivity contribution is -0.125. The van der Waals surface area contributed by atoms with Gasteiger partial charge in [-0.2, -0.15) is 5.26 Å². The van der Waals surface area contributed by atoms with Crippen molar-refractivity contribution in [3.05, 3.63) is 95.6 Å². The van der Waals surface area contributed by atoms with Crippen molar-refractivity contribution in [1.82, 2.24) is 5.32 Å². The van der Waals surface area contributed by atoms with Gasteiger partial charge in [-0.15, -0.1) is 0 Å². The lowest BCUT2D eigenvalue weighted by Gasteiger charge is -2.26. The molecule has 0 radical (unpaired) electrons. The number of benzodiazepines with no additional fused rings is 1. The highest BCUT2D eigenvalue weighted by Gasteiger charge is 2.35.